The van der Waals surface area contributed by atoms with Gasteiger partial charge >= 0.3 is 0 Å². The molecule has 9 heteroatoms. The van der Waals surface area contributed by atoms with Crippen LogP contribution in [0.25, 0.3) is 22.6 Å². The van der Waals surface area contributed by atoms with Crippen molar-refractivity contribution >= 4 is 34.5 Å². The van der Waals surface area contributed by atoms with E-state index in [4.69, 9.17) is 5.73 Å². The molecule has 7 nitrogen and oxygen atoms in total. The lowest BCUT2D eigenvalue weighted by molar-refractivity contribution is -0.121. The van der Waals surface area contributed by atoms with E-state index in [1.165, 1.54) is 23.5 Å². The van der Waals surface area contributed by atoms with Crippen LogP contribution in [0.1, 0.15) is 37.6 Å². The lowest BCUT2D eigenvalue weighted by Gasteiger charge is -2.09. The Morgan fingerprint density at radius 3 is 2.79 bits per heavy atom. The number of benzene rings is 1. The van der Waals surface area contributed by atoms with Crippen LogP contribution in [0.15, 0.2) is 49.1 Å². The molecule has 0 saturated heterocycles. The van der Waals surface area contributed by atoms with Crippen molar-refractivity contribution < 1.29 is 9.18 Å². The molecule has 0 aliphatic carbocycles. The molecule has 0 aliphatic heterocycles. The quantitative estimate of drug-likeness (QED) is 0.340. The van der Waals surface area contributed by atoms with E-state index >= 15 is 0 Å². The predicted molar refractivity (Wildman–Crippen MR) is 133 cm³/mol. The van der Waals surface area contributed by atoms with E-state index in [1.807, 2.05) is 17.6 Å². The zero-order valence-corrected chi connectivity index (χ0v) is 19.5. The van der Waals surface area contributed by atoms with Gasteiger partial charge in [0.05, 0.1) is 22.6 Å². The van der Waals surface area contributed by atoms with Crippen LogP contribution in [0.3, 0.4) is 0 Å². The number of aromatic nitrogens is 3. The van der Waals surface area contributed by atoms with Gasteiger partial charge in [0.1, 0.15) is 5.82 Å². The Hall–Kier alpha value is -3.30. The molecule has 2 aromatic heterocycles. The number of hydrogen-bond acceptors (Lipinski definition) is 6. The summed E-state index contributed by atoms with van der Waals surface area (Å²) in [5.74, 6) is -0.232. The third kappa shape index (κ3) is 7.10. The maximum Gasteiger partial charge on any atom is 0.220 e. The van der Waals surface area contributed by atoms with Gasteiger partial charge in [-0.25, -0.2) is 14.4 Å². The Morgan fingerprint density at radius 2 is 2.06 bits per heavy atom. The van der Waals surface area contributed by atoms with Crippen LogP contribution >= 0.6 is 11.3 Å². The van der Waals surface area contributed by atoms with E-state index in [0.717, 1.165) is 45.5 Å². The number of halogens is 1. The van der Waals surface area contributed by atoms with Crippen molar-refractivity contribution in [3.63, 3.8) is 0 Å². The van der Waals surface area contributed by atoms with Crippen molar-refractivity contribution in [2.45, 2.75) is 32.7 Å². The number of carbonyl (C=O) groups excluding carboxylic acids is 1. The smallest absolute Gasteiger partial charge is 0.220 e. The summed E-state index contributed by atoms with van der Waals surface area (Å²) < 4.78 is 15.1. The van der Waals surface area contributed by atoms with Gasteiger partial charge in [-0.15, -0.1) is 0 Å². The maximum absolute atomic E-state index is 13.2. The third-order valence-electron chi connectivity index (χ3n) is 4.93. The SMILES string of the molecule is C=Cc1ncn(CCNC(=O)CCCCN)c1/C=C(\C)Nc1ncc(-c2ccc(F)cc2)s1. The fourth-order valence-electron chi connectivity index (χ4n) is 3.22. The number of rotatable bonds is 12. The normalized spacial score (nSPS) is 11.4. The first-order chi connectivity index (χ1) is 16.0. The van der Waals surface area contributed by atoms with E-state index in [0.29, 0.717) is 26.1 Å². The molecule has 4 N–H and O–H groups in total. The number of unbranched alkanes of at least 4 members (excludes halogenated alkanes) is 1. The summed E-state index contributed by atoms with van der Waals surface area (Å²) in [6.07, 6.45) is 9.33. The summed E-state index contributed by atoms with van der Waals surface area (Å²) in [5, 5.41) is 6.97. The Balaban J connectivity index is 1.63. The molecule has 0 aliphatic rings. The largest absolute Gasteiger partial charge is 0.354 e. The number of imidazole rings is 1. The van der Waals surface area contributed by atoms with E-state index in [-0.39, 0.29) is 11.7 Å². The molecule has 0 unspecified atom stereocenters. The number of nitrogens with one attached hydrogen (secondary N) is 2. The second-order valence-electron chi connectivity index (χ2n) is 7.50. The van der Waals surface area contributed by atoms with Crippen LogP contribution in [0.2, 0.25) is 0 Å². The molecule has 0 saturated carbocycles. The minimum Gasteiger partial charge on any atom is -0.354 e. The summed E-state index contributed by atoms with van der Waals surface area (Å²) in [6, 6.07) is 6.35. The van der Waals surface area contributed by atoms with Gasteiger partial charge in [0.25, 0.3) is 0 Å². The second kappa shape index (κ2) is 12.1. The van der Waals surface area contributed by atoms with E-state index in [9.17, 15) is 9.18 Å². The van der Waals surface area contributed by atoms with Crippen molar-refractivity contribution in [1.82, 2.24) is 19.9 Å². The number of allylic oxidation sites excluding steroid dienone is 1. The Labute approximate surface area is 197 Å². The van der Waals surface area contributed by atoms with Crippen LogP contribution in [0.5, 0.6) is 0 Å². The maximum atomic E-state index is 13.2. The first-order valence-electron chi connectivity index (χ1n) is 10.8. The molecule has 0 bridgehead atoms. The molecular weight excluding hydrogens is 439 g/mol. The molecule has 1 amide bonds. The topological polar surface area (TPSA) is 97.9 Å². The van der Waals surface area contributed by atoms with Gasteiger partial charge in [-0.05, 0) is 56.2 Å². The molecule has 3 rings (SSSR count). The van der Waals surface area contributed by atoms with Crippen LogP contribution in [0, 0.1) is 5.82 Å². The highest BCUT2D eigenvalue weighted by Gasteiger charge is 2.09. The summed E-state index contributed by atoms with van der Waals surface area (Å²) in [4.78, 5) is 21.7. The Bertz CT molecular complexity index is 1100. The number of carbonyl (C=O) groups is 1. The van der Waals surface area contributed by atoms with Crippen molar-refractivity contribution in [2.75, 3.05) is 18.4 Å². The number of thiazole rings is 1. The summed E-state index contributed by atoms with van der Waals surface area (Å²) in [5.41, 5.74) is 8.92. The molecule has 33 heavy (non-hydrogen) atoms. The fraction of sp³-hybridized carbons (Fsp3) is 0.292. The molecule has 0 atom stereocenters. The zero-order chi connectivity index (χ0) is 23.6. The molecule has 0 spiro atoms. The lowest BCUT2D eigenvalue weighted by Crippen LogP contribution is -2.27. The van der Waals surface area contributed by atoms with E-state index in [2.05, 4.69) is 27.2 Å². The average Bonchev–Trinajstić information content (AvgIpc) is 3.41. The minimum atomic E-state index is -0.263. The zero-order valence-electron chi connectivity index (χ0n) is 18.7. The molecule has 1 aromatic carbocycles. The molecule has 3 aromatic rings. The van der Waals surface area contributed by atoms with Gasteiger partial charge in [0, 0.05) is 31.4 Å². The van der Waals surface area contributed by atoms with Crippen LogP contribution in [-0.4, -0.2) is 33.5 Å². The molecule has 0 fully saturated rings. The number of amides is 1. The number of anilines is 1. The van der Waals surface area contributed by atoms with Crippen molar-refractivity contribution in [2.24, 2.45) is 5.73 Å². The van der Waals surface area contributed by atoms with E-state index < -0.39 is 0 Å². The van der Waals surface area contributed by atoms with Crippen LogP contribution < -0.4 is 16.4 Å². The van der Waals surface area contributed by atoms with Gasteiger partial charge in [-0.3, -0.25) is 4.79 Å². The van der Waals surface area contributed by atoms with E-state index in [1.54, 1.807) is 30.7 Å². The molecular formula is C24H29FN6OS. The first kappa shape index (κ1) is 24.3. The minimum absolute atomic E-state index is 0.0307. The lowest BCUT2D eigenvalue weighted by atomic mass is 10.2. The highest BCUT2D eigenvalue weighted by atomic mass is 32.1. The van der Waals surface area contributed by atoms with Crippen molar-refractivity contribution in [3.05, 3.63) is 66.3 Å². The van der Waals surface area contributed by atoms with Crippen molar-refractivity contribution in [3.8, 4) is 10.4 Å². The summed E-state index contributed by atoms with van der Waals surface area (Å²) in [7, 11) is 0. The Morgan fingerprint density at radius 1 is 1.27 bits per heavy atom. The van der Waals surface area contributed by atoms with Gasteiger partial charge in [-0.2, -0.15) is 0 Å². The van der Waals surface area contributed by atoms with Gasteiger partial charge in [0.2, 0.25) is 5.91 Å². The summed E-state index contributed by atoms with van der Waals surface area (Å²) in [6.45, 7) is 7.50. The number of nitrogens with zero attached hydrogens (tertiary/aromatic N) is 3. The highest BCUT2D eigenvalue weighted by molar-refractivity contribution is 7.18. The fourth-order valence-corrected chi connectivity index (χ4v) is 4.11. The van der Waals surface area contributed by atoms with Crippen LogP contribution in [0.4, 0.5) is 9.52 Å². The third-order valence-corrected chi connectivity index (χ3v) is 5.89. The van der Waals surface area contributed by atoms with Crippen LogP contribution in [-0.2, 0) is 11.3 Å². The number of hydrogen-bond donors (Lipinski definition) is 3. The number of nitrogens with two attached hydrogens (primary N) is 1. The average molecular weight is 469 g/mol. The molecule has 2 heterocycles. The standard InChI is InChI=1S/C24H29FN6OS/c1-3-20-21(31(16-29-20)13-12-27-23(32)6-4-5-11-26)14-17(2)30-24-28-15-22(33-24)18-7-9-19(25)10-8-18/h3,7-10,14-16H,1,4-6,11-13,26H2,2H3,(H,27,32)(H,28,30)/b17-14+. The monoisotopic (exact) mass is 468 g/mol. The Kier molecular flexibility index (Phi) is 8.91. The van der Waals surface area contributed by atoms with Gasteiger partial charge in [0.15, 0.2) is 5.13 Å². The summed E-state index contributed by atoms with van der Waals surface area (Å²) >= 11 is 1.49. The molecule has 174 valence electrons. The van der Waals surface area contributed by atoms with Crippen molar-refractivity contribution in [1.29, 1.82) is 0 Å². The molecule has 0 radical (unpaired) electrons. The van der Waals surface area contributed by atoms with Gasteiger partial charge in [-0.1, -0.05) is 30.0 Å². The predicted octanol–water partition coefficient (Wildman–Crippen LogP) is 4.51. The highest BCUT2D eigenvalue weighted by Crippen LogP contribution is 2.30. The second-order valence-corrected chi connectivity index (χ2v) is 8.53. The first-order valence-corrected chi connectivity index (χ1v) is 11.6. The van der Waals surface area contributed by atoms with Gasteiger partial charge < -0.3 is 20.9 Å².